The third-order valence-corrected chi connectivity index (χ3v) is 9.44. The number of ether oxygens (including phenoxy) is 2. The Hall–Kier alpha value is -3.20. The Morgan fingerprint density at radius 1 is 1.21 bits per heavy atom. The molecule has 3 aliphatic rings. The SMILES string of the molecule is COC(=O)C(O/N=C(\C(=O)C[C@@H]1C(=O)N2C[C@@](C(=O)OC)(N3CCN(C)C3=O)S[C@H]12)c1csc(C)n1)C(C)C. The lowest BCUT2D eigenvalue weighted by atomic mass is 9.90. The molecule has 1 aromatic rings. The van der Waals surface area contributed by atoms with Crippen molar-refractivity contribution in [3.8, 4) is 0 Å². The second-order valence-corrected chi connectivity index (χ2v) is 12.3. The van der Waals surface area contributed by atoms with Gasteiger partial charge < -0.3 is 24.1 Å². The van der Waals surface area contributed by atoms with Crippen LogP contribution in [-0.4, -0.2) is 112 Å². The Balaban J connectivity index is 1.56. The molecule has 0 saturated carbocycles. The lowest BCUT2D eigenvalue weighted by molar-refractivity contribution is -0.157. The van der Waals surface area contributed by atoms with Crippen LogP contribution in [0.15, 0.2) is 10.5 Å². The zero-order valence-electron chi connectivity index (χ0n) is 22.5. The molecule has 3 aliphatic heterocycles. The summed E-state index contributed by atoms with van der Waals surface area (Å²) in [5.74, 6) is -3.11. The molecule has 0 radical (unpaired) electrons. The van der Waals surface area contributed by atoms with E-state index >= 15 is 0 Å². The third kappa shape index (κ3) is 5.09. The van der Waals surface area contributed by atoms with Crippen LogP contribution in [0.5, 0.6) is 0 Å². The van der Waals surface area contributed by atoms with Crippen molar-refractivity contribution in [1.29, 1.82) is 0 Å². The number of aryl methyl sites for hydroxylation is 1. The van der Waals surface area contributed by atoms with E-state index in [1.165, 1.54) is 40.3 Å². The number of likely N-dealkylation sites (N-methyl/N-ethyl adjacent to an activating group) is 1. The number of hydrogen-bond donors (Lipinski definition) is 0. The third-order valence-electron chi connectivity index (χ3n) is 6.94. The van der Waals surface area contributed by atoms with Crippen LogP contribution in [0.25, 0.3) is 0 Å². The van der Waals surface area contributed by atoms with Gasteiger partial charge in [-0.25, -0.2) is 19.4 Å². The van der Waals surface area contributed by atoms with Gasteiger partial charge in [0, 0.05) is 37.9 Å². The van der Waals surface area contributed by atoms with E-state index in [1.807, 2.05) is 0 Å². The second-order valence-electron chi connectivity index (χ2n) is 9.82. The summed E-state index contributed by atoms with van der Waals surface area (Å²) in [6.45, 7) is 6.00. The first kappa shape index (κ1) is 28.8. The number of aromatic nitrogens is 1. The van der Waals surface area contributed by atoms with Gasteiger partial charge in [-0.1, -0.05) is 30.8 Å². The number of ketones is 1. The number of thiazole rings is 1. The summed E-state index contributed by atoms with van der Waals surface area (Å²) < 4.78 is 9.83. The van der Waals surface area contributed by atoms with Crippen molar-refractivity contribution in [2.24, 2.45) is 17.0 Å². The molecule has 0 aliphatic carbocycles. The number of hydrogen-bond acceptors (Lipinski definition) is 12. The molecular weight excluding hydrogens is 550 g/mol. The number of esters is 2. The normalized spacial score (nSPS) is 25.5. The number of oxime groups is 1. The van der Waals surface area contributed by atoms with E-state index in [0.717, 1.165) is 11.8 Å². The number of urea groups is 1. The fourth-order valence-corrected chi connectivity index (χ4v) is 7.12. The van der Waals surface area contributed by atoms with Crippen LogP contribution < -0.4 is 0 Å². The molecule has 0 aromatic carbocycles. The maximum absolute atomic E-state index is 13.5. The van der Waals surface area contributed by atoms with Gasteiger partial charge in [0.05, 0.1) is 37.1 Å². The predicted octanol–water partition coefficient (Wildman–Crippen LogP) is 1.10. The van der Waals surface area contributed by atoms with Gasteiger partial charge in [0.1, 0.15) is 5.69 Å². The number of β-lactam (4-membered cyclic amide) rings is 1. The summed E-state index contributed by atoms with van der Waals surface area (Å²) in [4.78, 5) is 77.4. The molecule has 13 nitrogen and oxygen atoms in total. The molecule has 15 heteroatoms. The maximum Gasteiger partial charge on any atom is 0.350 e. The smallest absolute Gasteiger partial charge is 0.350 e. The number of carbonyl (C=O) groups is 5. The first-order valence-corrected chi connectivity index (χ1v) is 14.1. The van der Waals surface area contributed by atoms with Crippen molar-refractivity contribution >= 4 is 58.5 Å². The zero-order valence-corrected chi connectivity index (χ0v) is 24.2. The van der Waals surface area contributed by atoms with Crippen molar-refractivity contribution in [1.82, 2.24) is 19.7 Å². The number of methoxy groups -OCH3 is 2. The lowest BCUT2D eigenvalue weighted by Crippen LogP contribution is -2.59. The van der Waals surface area contributed by atoms with Crippen molar-refractivity contribution in [3.05, 3.63) is 16.1 Å². The average molecular weight is 582 g/mol. The van der Waals surface area contributed by atoms with E-state index in [0.29, 0.717) is 18.1 Å². The van der Waals surface area contributed by atoms with Gasteiger partial charge in [0.15, 0.2) is 11.5 Å². The van der Waals surface area contributed by atoms with Gasteiger partial charge in [0.2, 0.25) is 16.9 Å². The Labute approximate surface area is 233 Å². The van der Waals surface area contributed by atoms with Gasteiger partial charge in [-0.3, -0.25) is 14.5 Å². The Morgan fingerprint density at radius 2 is 1.92 bits per heavy atom. The Bertz CT molecular complexity index is 1220. The molecule has 3 saturated heterocycles. The summed E-state index contributed by atoms with van der Waals surface area (Å²) >= 11 is 2.46. The van der Waals surface area contributed by atoms with Crippen LogP contribution in [0, 0.1) is 18.8 Å². The van der Waals surface area contributed by atoms with Gasteiger partial charge >= 0.3 is 18.0 Å². The highest BCUT2D eigenvalue weighted by Crippen LogP contribution is 2.53. The average Bonchev–Trinajstić information content (AvgIpc) is 3.60. The molecule has 39 heavy (non-hydrogen) atoms. The molecule has 1 unspecified atom stereocenters. The highest BCUT2D eigenvalue weighted by molar-refractivity contribution is 8.02. The molecule has 4 heterocycles. The first-order chi connectivity index (χ1) is 18.4. The van der Waals surface area contributed by atoms with Crippen LogP contribution in [0.2, 0.25) is 0 Å². The van der Waals surface area contributed by atoms with E-state index in [9.17, 15) is 24.0 Å². The van der Waals surface area contributed by atoms with Crippen molar-refractivity contribution < 1.29 is 38.3 Å². The summed E-state index contributed by atoms with van der Waals surface area (Å²) in [6, 6.07) is -0.328. The molecule has 4 rings (SSSR count). The zero-order chi connectivity index (χ0) is 28.6. The number of carbonyl (C=O) groups excluding carboxylic acids is 5. The minimum Gasteiger partial charge on any atom is -0.467 e. The number of nitrogens with zero attached hydrogens (tertiary/aromatic N) is 5. The summed E-state index contributed by atoms with van der Waals surface area (Å²) in [5.41, 5.74) is 0.158. The van der Waals surface area contributed by atoms with E-state index in [-0.39, 0.29) is 42.2 Å². The number of Topliss-reactive ketones (excluding diaryl/α,β-unsaturated/α-hetero) is 1. The fourth-order valence-electron chi connectivity index (χ4n) is 4.75. The number of thioether (sulfide) groups is 1. The quantitative estimate of drug-likeness (QED) is 0.170. The standard InChI is InChI=1S/C24H31N5O8S2/c1-12(2)18(21(32)35-5)37-26-17(15-10-38-13(3)25-15)16(30)9-14-19(31)28-11-24(22(33)36-6,39-20(14)28)29-8-7-27(4)23(29)34/h10,12,14,18,20H,7-9,11H2,1-6H3/b26-17-/t14-,18?,20-,24-/m1/s1. The van der Waals surface area contributed by atoms with Crippen molar-refractivity contribution in [2.75, 3.05) is 40.9 Å². The minimum atomic E-state index is -1.40. The molecule has 1 aromatic heterocycles. The molecule has 212 valence electrons. The van der Waals surface area contributed by atoms with Crippen LogP contribution in [-0.2, 0) is 33.5 Å². The van der Waals surface area contributed by atoms with Gasteiger partial charge in [0.25, 0.3) is 0 Å². The van der Waals surface area contributed by atoms with E-state index < -0.39 is 40.0 Å². The fraction of sp³-hybridized carbons (Fsp3) is 0.625. The van der Waals surface area contributed by atoms with E-state index in [4.69, 9.17) is 14.3 Å². The Morgan fingerprint density at radius 3 is 2.46 bits per heavy atom. The minimum absolute atomic E-state index is 0.0252. The molecule has 0 N–H and O–H groups in total. The number of amides is 3. The van der Waals surface area contributed by atoms with Crippen LogP contribution in [0.3, 0.4) is 0 Å². The van der Waals surface area contributed by atoms with Gasteiger partial charge in [-0.05, 0) is 6.92 Å². The van der Waals surface area contributed by atoms with Crippen molar-refractivity contribution in [2.45, 2.75) is 43.5 Å². The van der Waals surface area contributed by atoms with Crippen LogP contribution >= 0.6 is 23.1 Å². The monoisotopic (exact) mass is 581 g/mol. The maximum atomic E-state index is 13.5. The van der Waals surface area contributed by atoms with E-state index in [2.05, 4.69) is 10.1 Å². The van der Waals surface area contributed by atoms with Crippen molar-refractivity contribution in [3.63, 3.8) is 0 Å². The first-order valence-electron chi connectivity index (χ1n) is 12.3. The van der Waals surface area contributed by atoms with E-state index in [1.54, 1.807) is 33.2 Å². The summed E-state index contributed by atoms with van der Waals surface area (Å²) in [5, 5.41) is 5.84. The molecule has 0 bridgehead atoms. The lowest BCUT2D eigenvalue weighted by Gasteiger charge is -2.40. The molecule has 3 fully saturated rings. The number of rotatable bonds is 10. The highest BCUT2D eigenvalue weighted by atomic mass is 32.2. The number of fused-ring (bicyclic) bond motifs is 1. The molecule has 4 atom stereocenters. The second kappa shape index (κ2) is 11.1. The highest BCUT2D eigenvalue weighted by Gasteiger charge is 2.66. The van der Waals surface area contributed by atoms with Gasteiger partial charge in [-0.2, -0.15) is 0 Å². The molecule has 0 spiro atoms. The Kier molecular flexibility index (Phi) is 8.21. The van der Waals surface area contributed by atoms with Crippen LogP contribution in [0.4, 0.5) is 4.79 Å². The molecular formula is C24H31N5O8S2. The van der Waals surface area contributed by atoms with Gasteiger partial charge in [-0.15, -0.1) is 11.3 Å². The molecule has 3 amide bonds. The summed E-state index contributed by atoms with van der Waals surface area (Å²) in [7, 11) is 4.11. The largest absolute Gasteiger partial charge is 0.467 e. The predicted molar refractivity (Wildman–Crippen MR) is 141 cm³/mol. The van der Waals surface area contributed by atoms with Crippen LogP contribution in [0.1, 0.15) is 31.0 Å². The topological polar surface area (TPSA) is 148 Å². The summed E-state index contributed by atoms with van der Waals surface area (Å²) in [6.07, 6.45) is -1.26.